The van der Waals surface area contributed by atoms with Crippen LogP contribution in [0.4, 0.5) is 0 Å². The second-order valence-corrected chi connectivity index (χ2v) is 5.60. The summed E-state index contributed by atoms with van der Waals surface area (Å²) in [6.07, 6.45) is 2.71. The molecule has 0 spiro atoms. The zero-order valence-electron chi connectivity index (χ0n) is 9.05. The molecule has 0 saturated heterocycles. The van der Waals surface area contributed by atoms with Crippen molar-refractivity contribution in [3.05, 3.63) is 33.3 Å². The summed E-state index contributed by atoms with van der Waals surface area (Å²) >= 11 is 9.45. The van der Waals surface area contributed by atoms with Gasteiger partial charge in [-0.2, -0.15) is 0 Å². The van der Waals surface area contributed by atoms with Gasteiger partial charge < -0.3 is 11.1 Å². The van der Waals surface area contributed by atoms with Crippen molar-refractivity contribution < 1.29 is 0 Å². The van der Waals surface area contributed by atoms with Crippen LogP contribution >= 0.6 is 27.5 Å². The third-order valence-electron chi connectivity index (χ3n) is 2.92. The number of halogens is 2. The fraction of sp³-hybridized carbons (Fsp3) is 0.500. The van der Waals surface area contributed by atoms with E-state index in [0.717, 1.165) is 22.0 Å². The average molecular weight is 304 g/mol. The molecular formula is C12H16BrClN2. The molecule has 1 fully saturated rings. The number of benzene rings is 1. The highest BCUT2D eigenvalue weighted by molar-refractivity contribution is 9.10. The Balaban J connectivity index is 2.05. The maximum atomic E-state index is 5.92. The zero-order chi connectivity index (χ0) is 11.5. The van der Waals surface area contributed by atoms with E-state index in [0.29, 0.717) is 6.54 Å². The van der Waals surface area contributed by atoms with Gasteiger partial charge in [-0.3, -0.25) is 0 Å². The lowest BCUT2D eigenvalue weighted by Crippen LogP contribution is -2.30. The molecule has 1 unspecified atom stereocenters. The molecule has 2 nitrogen and oxygen atoms in total. The lowest BCUT2D eigenvalue weighted by molar-refractivity contribution is 0.521. The Morgan fingerprint density at radius 1 is 1.50 bits per heavy atom. The van der Waals surface area contributed by atoms with E-state index >= 15 is 0 Å². The fourth-order valence-corrected chi connectivity index (χ4v) is 2.69. The van der Waals surface area contributed by atoms with E-state index in [1.165, 1.54) is 18.4 Å². The van der Waals surface area contributed by atoms with Gasteiger partial charge in [0.2, 0.25) is 0 Å². The standard InChI is InChI=1S/C12H16BrClN2/c13-11-5-9(14)3-4-10(11)12(6-15)16-7-8-1-2-8/h3-5,8,12,16H,1-2,6-7,15H2. The summed E-state index contributed by atoms with van der Waals surface area (Å²) in [6.45, 7) is 1.67. The van der Waals surface area contributed by atoms with Gasteiger partial charge in [0.1, 0.15) is 0 Å². The quantitative estimate of drug-likeness (QED) is 0.877. The third-order valence-corrected chi connectivity index (χ3v) is 3.85. The van der Waals surface area contributed by atoms with Crippen LogP contribution in [-0.4, -0.2) is 13.1 Å². The van der Waals surface area contributed by atoms with E-state index < -0.39 is 0 Å². The van der Waals surface area contributed by atoms with Gasteiger partial charge >= 0.3 is 0 Å². The van der Waals surface area contributed by atoms with Crippen LogP contribution in [0.5, 0.6) is 0 Å². The summed E-state index contributed by atoms with van der Waals surface area (Å²) in [5.74, 6) is 0.861. The van der Waals surface area contributed by atoms with Crippen molar-refractivity contribution >= 4 is 27.5 Å². The number of hydrogen-bond acceptors (Lipinski definition) is 2. The molecule has 0 radical (unpaired) electrons. The second-order valence-electron chi connectivity index (χ2n) is 4.31. The van der Waals surface area contributed by atoms with Gasteiger partial charge in [0, 0.05) is 22.1 Å². The Hall–Kier alpha value is -0.0900. The smallest absolute Gasteiger partial charge is 0.0455 e. The lowest BCUT2D eigenvalue weighted by atomic mass is 10.1. The van der Waals surface area contributed by atoms with Crippen LogP contribution in [-0.2, 0) is 0 Å². The normalized spacial score (nSPS) is 17.4. The highest BCUT2D eigenvalue weighted by Gasteiger charge is 2.22. The number of nitrogens with two attached hydrogens (primary N) is 1. The van der Waals surface area contributed by atoms with Gasteiger partial charge in [-0.1, -0.05) is 33.6 Å². The van der Waals surface area contributed by atoms with Crippen LogP contribution in [0.2, 0.25) is 5.02 Å². The minimum atomic E-state index is 0.215. The topological polar surface area (TPSA) is 38.0 Å². The molecule has 1 aromatic rings. The van der Waals surface area contributed by atoms with Crippen molar-refractivity contribution in [2.75, 3.05) is 13.1 Å². The predicted molar refractivity (Wildman–Crippen MR) is 71.7 cm³/mol. The minimum absolute atomic E-state index is 0.215. The molecule has 0 aliphatic heterocycles. The molecular weight excluding hydrogens is 288 g/mol. The first-order valence-corrected chi connectivity index (χ1v) is 6.76. The molecule has 3 N–H and O–H groups in total. The Morgan fingerprint density at radius 3 is 2.81 bits per heavy atom. The van der Waals surface area contributed by atoms with E-state index in [2.05, 4.69) is 21.2 Å². The van der Waals surface area contributed by atoms with Crippen molar-refractivity contribution in [2.24, 2.45) is 11.7 Å². The van der Waals surface area contributed by atoms with Crippen molar-refractivity contribution in [3.63, 3.8) is 0 Å². The largest absolute Gasteiger partial charge is 0.329 e. The van der Waals surface area contributed by atoms with Crippen molar-refractivity contribution in [2.45, 2.75) is 18.9 Å². The molecule has 16 heavy (non-hydrogen) atoms. The summed E-state index contributed by atoms with van der Waals surface area (Å²) in [5, 5.41) is 4.25. The summed E-state index contributed by atoms with van der Waals surface area (Å²) in [7, 11) is 0. The van der Waals surface area contributed by atoms with Crippen LogP contribution in [0.1, 0.15) is 24.4 Å². The van der Waals surface area contributed by atoms with Gasteiger partial charge in [0.15, 0.2) is 0 Å². The van der Waals surface area contributed by atoms with Crippen LogP contribution in [0.25, 0.3) is 0 Å². The molecule has 1 aromatic carbocycles. The van der Waals surface area contributed by atoms with Crippen molar-refractivity contribution in [1.82, 2.24) is 5.32 Å². The minimum Gasteiger partial charge on any atom is -0.329 e. The first-order chi connectivity index (χ1) is 7.70. The monoisotopic (exact) mass is 302 g/mol. The first kappa shape index (κ1) is 12.4. The zero-order valence-corrected chi connectivity index (χ0v) is 11.4. The Kier molecular flexibility index (Phi) is 4.25. The first-order valence-electron chi connectivity index (χ1n) is 5.59. The molecule has 0 aromatic heterocycles. The molecule has 1 aliphatic carbocycles. The van der Waals surface area contributed by atoms with E-state index in [-0.39, 0.29) is 6.04 Å². The van der Waals surface area contributed by atoms with Crippen LogP contribution in [0.3, 0.4) is 0 Å². The highest BCUT2D eigenvalue weighted by Crippen LogP contribution is 2.30. The molecule has 88 valence electrons. The molecule has 0 bridgehead atoms. The Labute approximate surface area is 110 Å². The maximum Gasteiger partial charge on any atom is 0.0455 e. The Bertz CT molecular complexity index is 366. The van der Waals surface area contributed by atoms with E-state index in [1.54, 1.807) is 0 Å². The molecule has 0 heterocycles. The van der Waals surface area contributed by atoms with Gasteiger partial charge in [-0.15, -0.1) is 0 Å². The van der Waals surface area contributed by atoms with Gasteiger partial charge in [0.05, 0.1) is 0 Å². The lowest BCUT2D eigenvalue weighted by Gasteiger charge is -2.18. The second kappa shape index (κ2) is 5.50. The van der Waals surface area contributed by atoms with Gasteiger partial charge in [-0.25, -0.2) is 0 Å². The van der Waals surface area contributed by atoms with Crippen LogP contribution in [0.15, 0.2) is 22.7 Å². The molecule has 0 amide bonds. The molecule has 1 atom stereocenters. The summed E-state index contributed by atoms with van der Waals surface area (Å²) in [4.78, 5) is 0. The molecule has 2 rings (SSSR count). The summed E-state index contributed by atoms with van der Waals surface area (Å²) in [6, 6.07) is 6.07. The Morgan fingerprint density at radius 2 is 2.25 bits per heavy atom. The van der Waals surface area contributed by atoms with Crippen LogP contribution < -0.4 is 11.1 Å². The average Bonchev–Trinajstić information content (AvgIpc) is 3.05. The SMILES string of the molecule is NCC(NCC1CC1)c1ccc(Cl)cc1Br. The molecule has 1 aliphatic rings. The predicted octanol–water partition coefficient (Wildman–Crippen LogP) is 3.10. The number of nitrogens with one attached hydrogen (secondary N) is 1. The maximum absolute atomic E-state index is 5.92. The summed E-state index contributed by atoms with van der Waals surface area (Å²) < 4.78 is 1.03. The highest BCUT2D eigenvalue weighted by atomic mass is 79.9. The summed E-state index contributed by atoms with van der Waals surface area (Å²) in [5.41, 5.74) is 6.99. The molecule has 4 heteroatoms. The number of rotatable bonds is 5. The van der Waals surface area contributed by atoms with E-state index in [9.17, 15) is 0 Å². The van der Waals surface area contributed by atoms with Gasteiger partial charge in [-0.05, 0) is 43.0 Å². The van der Waals surface area contributed by atoms with Crippen molar-refractivity contribution in [1.29, 1.82) is 0 Å². The number of hydrogen-bond donors (Lipinski definition) is 2. The van der Waals surface area contributed by atoms with Gasteiger partial charge in [0.25, 0.3) is 0 Å². The third kappa shape index (κ3) is 3.20. The molecule has 1 saturated carbocycles. The van der Waals surface area contributed by atoms with E-state index in [4.69, 9.17) is 17.3 Å². The fourth-order valence-electron chi connectivity index (χ4n) is 1.74. The van der Waals surface area contributed by atoms with Crippen LogP contribution in [0, 0.1) is 5.92 Å². The van der Waals surface area contributed by atoms with Crippen molar-refractivity contribution in [3.8, 4) is 0 Å². The van der Waals surface area contributed by atoms with E-state index in [1.807, 2.05) is 18.2 Å².